The third-order valence-electron chi connectivity index (χ3n) is 4.83. The van der Waals surface area contributed by atoms with E-state index in [2.05, 4.69) is 10.4 Å². The standard InChI is InChI=1S/C16H23F2N5O2/c1-3-22-7-12(5-20-22)15(25)21-8-14(9-21)23-10-16(17,18)4-13(23)6-19-11(2)24/h5,7,13-14H,3-4,6,8-10H2,1-2H3,(H,19,24)/t13-/m0/s1. The topological polar surface area (TPSA) is 70.5 Å². The zero-order chi connectivity index (χ0) is 18.2. The Bertz CT molecular complexity index is 657. The lowest BCUT2D eigenvalue weighted by molar-refractivity contribution is -0.119. The van der Waals surface area contributed by atoms with Crippen molar-refractivity contribution in [3.05, 3.63) is 18.0 Å². The number of likely N-dealkylation sites (tertiary alicyclic amines) is 2. The van der Waals surface area contributed by atoms with Crippen LogP contribution < -0.4 is 5.32 Å². The molecule has 0 radical (unpaired) electrons. The molecule has 1 aromatic heterocycles. The van der Waals surface area contributed by atoms with Crippen LogP contribution in [0.25, 0.3) is 0 Å². The van der Waals surface area contributed by atoms with E-state index in [0.29, 0.717) is 25.2 Å². The molecule has 7 nitrogen and oxygen atoms in total. The van der Waals surface area contributed by atoms with E-state index in [0.717, 1.165) is 0 Å². The summed E-state index contributed by atoms with van der Waals surface area (Å²) in [6, 6.07) is -0.499. The van der Waals surface area contributed by atoms with Crippen LogP contribution in [0.15, 0.2) is 12.4 Å². The number of aryl methyl sites for hydroxylation is 1. The number of carbonyl (C=O) groups excluding carboxylic acids is 2. The van der Waals surface area contributed by atoms with E-state index in [4.69, 9.17) is 0 Å². The van der Waals surface area contributed by atoms with E-state index < -0.39 is 12.0 Å². The van der Waals surface area contributed by atoms with Crippen LogP contribution in [0.3, 0.4) is 0 Å². The highest BCUT2D eigenvalue weighted by Crippen LogP contribution is 2.35. The van der Waals surface area contributed by atoms with E-state index in [1.807, 2.05) is 6.92 Å². The number of hydrogen-bond donors (Lipinski definition) is 1. The number of nitrogens with one attached hydrogen (secondary N) is 1. The summed E-state index contributed by atoms with van der Waals surface area (Å²) in [6.07, 6.45) is 2.96. The molecule has 1 N–H and O–H groups in total. The van der Waals surface area contributed by atoms with Crippen molar-refractivity contribution >= 4 is 11.8 Å². The van der Waals surface area contributed by atoms with Gasteiger partial charge in [-0.25, -0.2) is 8.78 Å². The van der Waals surface area contributed by atoms with Crippen molar-refractivity contribution < 1.29 is 18.4 Å². The molecule has 0 aliphatic carbocycles. The number of rotatable bonds is 5. The van der Waals surface area contributed by atoms with Crippen LogP contribution in [0.4, 0.5) is 8.78 Å². The molecule has 2 aliphatic heterocycles. The van der Waals surface area contributed by atoms with Crippen molar-refractivity contribution in [3.63, 3.8) is 0 Å². The van der Waals surface area contributed by atoms with E-state index in [1.54, 1.807) is 20.7 Å². The molecule has 2 saturated heterocycles. The number of carbonyl (C=O) groups is 2. The van der Waals surface area contributed by atoms with Crippen molar-refractivity contribution in [2.45, 2.75) is 44.8 Å². The molecule has 0 saturated carbocycles. The summed E-state index contributed by atoms with van der Waals surface area (Å²) < 4.78 is 29.3. The molecule has 0 spiro atoms. The quantitative estimate of drug-likeness (QED) is 0.839. The zero-order valence-corrected chi connectivity index (χ0v) is 14.4. The van der Waals surface area contributed by atoms with Gasteiger partial charge >= 0.3 is 0 Å². The Morgan fingerprint density at radius 2 is 2.12 bits per heavy atom. The first-order valence-electron chi connectivity index (χ1n) is 8.49. The maximum Gasteiger partial charge on any atom is 0.262 e. The number of hydrogen-bond acceptors (Lipinski definition) is 4. The lowest BCUT2D eigenvalue weighted by atomic mass is 10.0. The molecule has 2 amide bonds. The second-order valence-corrected chi connectivity index (χ2v) is 6.77. The van der Waals surface area contributed by atoms with Crippen LogP contribution in [-0.4, -0.2) is 75.6 Å². The molecule has 2 fully saturated rings. The van der Waals surface area contributed by atoms with E-state index in [9.17, 15) is 18.4 Å². The maximum atomic E-state index is 13.8. The predicted molar refractivity (Wildman–Crippen MR) is 86.3 cm³/mol. The molecule has 1 atom stereocenters. The molecule has 0 bridgehead atoms. The Morgan fingerprint density at radius 1 is 1.40 bits per heavy atom. The maximum absolute atomic E-state index is 13.8. The third-order valence-corrected chi connectivity index (χ3v) is 4.83. The smallest absolute Gasteiger partial charge is 0.262 e. The van der Waals surface area contributed by atoms with Gasteiger partial charge in [0, 0.05) is 57.8 Å². The molecule has 138 valence electrons. The van der Waals surface area contributed by atoms with Gasteiger partial charge in [-0.1, -0.05) is 0 Å². The van der Waals surface area contributed by atoms with Gasteiger partial charge in [-0.2, -0.15) is 5.10 Å². The Morgan fingerprint density at radius 3 is 2.72 bits per heavy atom. The predicted octanol–water partition coefficient (Wildman–Crippen LogP) is 0.573. The average molecular weight is 355 g/mol. The molecular formula is C16H23F2N5O2. The Kier molecular flexibility index (Phi) is 4.77. The molecule has 25 heavy (non-hydrogen) atoms. The zero-order valence-electron chi connectivity index (χ0n) is 14.4. The molecule has 9 heteroatoms. The fourth-order valence-corrected chi connectivity index (χ4v) is 3.46. The van der Waals surface area contributed by atoms with Gasteiger partial charge in [-0.3, -0.25) is 19.2 Å². The molecule has 3 rings (SSSR count). The number of halogens is 2. The fourth-order valence-electron chi connectivity index (χ4n) is 3.46. The molecule has 0 unspecified atom stereocenters. The van der Waals surface area contributed by atoms with Crippen LogP contribution >= 0.6 is 0 Å². The van der Waals surface area contributed by atoms with Gasteiger partial charge in [-0.15, -0.1) is 0 Å². The molecule has 0 aromatic carbocycles. The normalized spacial score (nSPS) is 23.5. The van der Waals surface area contributed by atoms with Crippen molar-refractivity contribution in [2.24, 2.45) is 0 Å². The number of nitrogens with zero attached hydrogens (tertiary/aromatic N) is 4. The highest BCUT2D eigenvalue weighted by atomic mass is 19.3. The van der Waals surface area contributed by atoms with Crippen molar-refractivity contribution in [3.8, 4) is 0 Å². The van der Waals surface area contributed by atoms with Gasteiger partial charge in [0.25, 0.3) is 11.8 Å². The summed E-state index contributed by atoms with van der Waals surface area (Å²) in [5.74, 6) is -3.11. The minimum absolute atomic E-state index is 0.0997. The van der Waals surface area contributed by atoms with Crippen LogP contribution in [0, 0.1) is 0 Å². The monoisotopic (exact) mass is 355 g/mol. The van der Waals surface area contributed by atoms with Crippen LogP contribution in [0.2, 0.25) is 0 Å². The minimum Gasteiger partial charge on any atom is -0.355 e. The van der Waals surface area contributed by atoms with E-state index in [1.165, 1.54) is 13.1 Å². The SMILES string of the molecule is CCn1cc(C(=O)N2CC(N3CC(F)(F)C[C@H]3CNC(C)=O)C2)cn1. The van der Waals surface area contributed by atoms with Crippen LogP contribution in [-0.2, 0) is 11.3 Å². The summed E-state index contributed by atoms with van der Waals surface area (Å²) in [7, 11) is 0. The first-order chi connectivity index (χ1) is 11.8. The van der Waals surface area contributed by atoms with Gasteiger partial charge in [0.15, 0.2) is 0 Å². The van der Waals surface area contributed by atoms with Gasteiger partial charge < -0.3 is 10.2 Å². The third kappa shape index (κ3) is 3.81. The second kappa shape index (κ2) is 6.70. The first-order valence-corrected chi connectivity index (χ1v) is 8.49. The van der Waals surface area contributed by atoms with Gasteiger partial charge in [0.1, 0.15) is 0 Å². The number of alkyl halides is 2. The lowest BCUT2D eigenvalue weighted by Crippen LogP contribution is -2.63. The molecule has 2 aliphatic rings. The van der Waals surface area contributed by atoms with E-state index >= 15 is 0 Å². The lowest BCUT2D eigenvalue weighted by Gasteiger charge is -2.45. The fraction of sp³-hybridized carbons (Fsp3) is 0.688. The summed E-state index contributed by atoms with van der Waals surface area (Å²) in [6.45, 7) is 4.72. The largest absolute Gasteiger partial charge is 0.355 e. The first kappa shape index (κ1) is 17.8. The Balaban J connectivity index is 1.58. The van der Waals surface area contributed by atoms with Crippen molar-refractivity contribution in [1.82, 2.24) is 24.9 Å². The average Bonchev–Trinajstić information content (AvgIpc) is 3.07. The highest BCUT2D eigenvalue weighted by molar-refractivity contribution is 5.94. The van der Waals surface area contributed by atoms with E-state index in [-0.39, 0.29) is 37.4 Å². The number of amides is 2. The molecular weight excluding hydrogens is 332 g/mol. The van der Waals surface area contributed by atoms with Gasteiger partial charge in [0.2, 0.25) is 5.91 Å². The Hall–Kier alpha value is -2.03. The molecule has 1 aromatic rings. The second-order valence-electron chi connectivity index (χ2n) is 6.77. The minimum atomic E-state index is -2.75. The number of aromatic nitrogens is 2. The molecule has 3 heterocycles. The summed E-state index contributed by atoms with van der Waals surface area (Å²) >= 11 is 0. The summed E-state index contributed by atoms with van der Waals surface area (Å²) in [4.78, 5) is 26.8. The van der Waals surface area contributed by atoms with Crippen molar-refractivity contribution in [2.75, 3.05) is 26.2 Å². The van der Waals surface area contributed by atoms with Crippen LogP contribution in [0.1, 0.15) is 30.6 Å². The van der Waals surface area contributed by atoms with Crippen molar-refractivity contribution in [1.29, 1.82) is 0 Å². The summed E-state index contributed by atoms with van der Waals surface area (Å²) in [5, 5.41) is 6.71. The highest BCUT2D eigenvalue weighted by Gasteiger charge is 2.50. The van der Waals surface area contributed by atoms with Gasteiger partial charge in [0.05, 0.1) is 18.3 Å². The summed E-state index contributed by atoms with van der Waals surface area (Å²) in [5.41, 5.74) is 0.516. The van der Waals surface area contributed by atoms with Crippen LogP contribution in [0.5, 0.6) is 0 Å². The van der Waals surface area contributed by atoms with Gasteiger partial charge in [-0.05, 0) is 6.92 Å². The Labute approximate surface area is 144 Å².